The lowest BCUT2D eigenvalue weighted by molar-refractivity contribution is -0.133. The van der Waals surface area contributed by atoms with Gasteiger partial charge in [-0.2, -0.15) is 0 Å². The van der Waals surface area contributed by atoms with Crippen LogP contribution in [0.4, 0.5) is 0 Å². The standard InChI is InChI=1S/C20H27N5O/c1-14(2)21-20(26)18-12-24-9-8-16(18)10-17(24)11-25-13-19(22-23-25)15-6-4-3-5-7-15/h3-7,13-14,16-18H,8-12H2,1-2H3,(H,21,26)/t16-,17-,18+/m1/s1. The molecule has 1 unspecified atom stereocenters. The lowest BCUT2D eigenvalue weighted by atomic mass is 9.75. The number of carbonyl (C=O) groups is 1. The molecule has 1 amide bonds. The molecule has 1 aromatic carbocycles. The summed E-state index contributed by atoms with van der Waals surface area (Å²) in [6, 6.07) is 10.8. The Bertz CT molecular complexity index is 757. The van der Waals surface area contributed by atoms with Crippen molar-refractivity contribution < 1.29 is 4.79 Å². The van der Waals surface area contributed by atoms with Crippen LogP contribution < -0.4 is 5.32 Å². The first kappa shape index (κ1) is 17.2. The molecule has 1 N–H and O–H groups in total. The minimum absolute atomic E-state index is 0.137. The molecule has 6 heteroatoms. The fourth-order valence-electron chi connectivity index (χ4n) is 4.36. The molecule has 3 fully saturated rings. The van der Waals surface area contributed by atoms with E-state index in [1.165, 1.54) is 0 Å². The molecular formula is C20H27N5O. The number of nitrogens with one attached hydrogen (secondary N) is 1. The van der Waals surface area contributed by atoms with Gasteiger partial charge in [0.1, 0.15) is 5.69 Å². The number of hydrogen-bond acceptors (Lipinski definition) is 4. The molecule has 138 valence electrons. The summed E-state index contributed by atoms with van der Waals surface area (Å²) in [4.78, 5) is 14.9. The largest absolute Gasteiger partial charge is 0.354 e. The number of carbonyl (C=O) groups excluding carboxylic acids is 1. The Hall–Kier alpha value is -2.21. The van der Waals surface area contributed by atoms with E-state index in [2.05, 4.69) is 32.7 Å². The third kappa shape index (κ3) is 3.51. The van der Waals surface area contributed by atoms with Gasteiger partial charge < -0.3 is 5.32 Å². The molecule has 26 heavy (non-hydrogen) atoms. The van der Waals surface area contributed by atoms with E-state index >= 15 is 0 Å². The number of hydrogen-bond donors (Lipinski definition) is 1. The van der Waals surface area contributed by atoms with Crippen molar-refractivity contribution in [3.05, 3.63) is 36.5 Å². The van der Waals surface area contributed by atoms with E-state index in [4.69, 9.17) is 0 Å². The molecule has 1 aromatic heterocycles. The van der Waals surface area contributed by atoms with Gasteiger partial charge in [0.05, 0.1) is 18.7 Å². The molecule has 3 saturated heterocycles. The van der Waals surface area contributed by atoms with Crippen LogP contribution in [0.15, 0.2) is 36.5 Å². The van der Waals surface area contributed by atoms with Crippen LogP contribution >= 0.6 is 0 Å². The normalized spacial score (nSPS) is 27.7. The molecule has 2 bridgehead atoms. The van der Waals surface area contributed by atoms with E-state index < -0.39 is 0 Å². The summed E-state index contributed by atoms with van der Waals surface area (Å²) in [6.45, 7) is 6.85. The number of benzene rings is 1. The van der Waals surface area contributed by atoms with Gasteiger partial charge in [-0.25, -0.2) is 0 Å². The van der Waals surface area contributed by atoms with Crippen molar-refractivity contribution in [2.75, 3.05) is 13.1 Å². The highest BCUT2D eigenvalue weighted by Crippen LogP contribution is 2.37. The highest BCUT2D eigenvalue weighted by molar-refractivity contribution is 5.79. The average Bonchev–Trinajstić information content (AvgIpc) is 3.11. The smallest absolute Gasteiger partial charge is 0.224 e. The zero-order valence-electron chi connectivity index (χ0n) is 15.5. The molecule has 4 heterocycles. The van der Waals surface area contributed by atoms with Gasteiger partial charge >= 0.3 is 0 Å². The number of piperidine rings is 3. The van der Waals surface area contributed by atoms with Crippen LogP contribution in [0.2, 0.25) is 0 Å². The summed E-state index contributed by atoms with van der Waals surface area (Å²) >= 11 is 0. The number of fused-ring (bicyclic) bond motifs is 3. The first-order valence-electron chi connectivity index (χ1n) is 9.60. The van der Waals surface area contributed by atoms with Crippen molar-refractivity contribution in [1.82, 2.24) is 25.2 Å². The first-order chi connectivity index (χ1) is 12.6. The predicted octanol–water partition coefficient (Wildman–Crippen LogP) is 2.18. The molecule has 2 aromatic rings. The Balaban J connectivity index is 1.40. The summed E-state index contributed by atoms with van der Waals surface area (Å²) in [5.41, 5.74) is 2.00. The van der Waals surface area contributed by atoms with Crippen molar-refractivity contribution in [2.24, 2.45) is 11.8 Å². The zero-order chi connectivity index (χ0) is 18.1. The van der Waals surface area contributed by atoms with Crippen molar-refractivity contribution >= 4 is 5.91 Å². The summed E-state index contributed by atoms with van der Waals surface area (Å²) in [6.07, 6.45) is 4.22. The maximum atomic E-state index is 12.5. The summed E-state index contributed by atoms with van der Waals surface area (Å²) in [7, 11) is 0. The maximum Gasteiger partial charge on any atom is 0.224 e. The van der Waals surface area contributed by atoms with Gasteiger partial charge in [0.25, 0.3) is 0 Å². The first-order valence-corrected chi connectivity index (χ1v) is 9.60. The maximum absolute atomic E-state index is 12.5. The summed E-state index contributed by atoms with van der Waals surface area (Å²) in [5, 5.41) is 11.7. The Kier molecular flexibility index (Phi) is 4.76. The fourth-order valence-corrected chi connectivity index (χ4v) is 4.36. The van der Waals surface area contributed by atoms with Gasteiger partial charge in [-0.15, -0.1) is 5.10 Å². The van der Waals surface area contributed by atoms with E-state index in [-0.39, 0.29) is 17.9 Å². The van der Waals surface area contributed by atoms with Crippen molar-refractivity contribution in [3.63, 3.8) is 0 Å². The Labute approximate surface area is 154 Å². The van der Waals surface area contributed by atoms with Gasteiger partial charge in [0, 0.05) is 24.2 Å². The topological polar surface area (TPSA) is 63.1 Å². The highest BCUT2D eigenvalue weighted by atomic mass is 16.2. The van der Waals surface area contributed by atoms with Crippen LogP contribution in [0, 0.1) is 11.8 Å². The fraction of sp³-hybridized carbons (Fsp3) is 0.550. The van der Waals surface area contributed by atoms with E-state index in [9.17, 15) is 4.79 Å². The lowest BCUT2D eigenvalue weighted by Crippen LogP contribution is -2.58. The summed E-state index contributed by atoms with van der Waals surface area (Å²) in [5.74, 6) is 0.846. The molecular weight excluding hydrogens is 326 g/mol. The molecule has 0 saturated carbocycles. The second-order valence-electron chi connectivity index (χ2n) is 7.89. The van der Waals surface area contributed by atoms with Crippen LogP contribution in [0.5, 0.6) is 0 Å². The molecule has 4 atom stereocenters. The second kappa shape index (κ2) is 7.19. The van der Waals surface area contributed by atoms with Gasteiger partial charge in [-0.05, 0) is 39.2 Å². The van der Waals surface area contributed by atoms with Crippen LogP contribution in [-0.2, 0) is 11.3 Å². The third-order valence-electron chi connectivity index (χ3n) is 5.65. The van der Waals surface area contributed by atoms with Crippen molar-refractivity contribution in [1.29, 1.82) is 0 Å². The Morgan fingerprint density at radius 3 is 2.81 bits per heavy atom. The molecule has 0 spiro atoms. The van der Waals surface area contributed by atoms with E-state index in [1.54, 1.807) is 0 Å². The third-order valence-corrected chi connectivity index (χ3v) is 5.65. The van der Waals surface area contributed by atoms with Gasteiger partial charge in [-0.1, -0.05) is 35.5 Å². The van der Waals surface area contributed by atoms with Crippen LogP contribution in [-0.4, -0.2) is 51.0 Å². The van der Waals surface area contributed by atoms with Crippen molar-refractivity contribution in [2.45, 2.75) is 45.3 Å². The minimum Gasteiger partial charge on any atom is -0.354 e. The number of amides is 1. The van der Waals surface area contributed by atoms with E-state index in [0.717, 1.165) is 43.7 Å². The number of aromatic nitrogens is 3. The van der Waals surface area contributed by atoms with Gasteiger partial charge in [-0.3, -0.25) is 14.4 Å². The van der Waals surface area contributed by atoms with E-state index in [0.29, 0.717) is 12.0 Å². The molecule has 0 aliphatic carbocycles. The monoisotopic (exact) mass is 353 g/mol. The van der Waals surface area contributed by atoms with Crippen LogP contribution in [0.25, 0.3) is 11.3 Å². The van der Waals surface area contributed by atoms with Gasteiger partial charge in [0.2, 0.25) is 5.91 Å². The molecule has 3 aliphatic rings. The zero-order valence-corrected chi connectivity index (χ0v) is 15.5. The minimum atomic E-state index is 0.137. The SMILES string of the molecule is CC(C)NC(=O)[C@H]1CN2CC[C@@H]1C[C@@H]2Cn1cc(-c2ccccc2)nn1. The predicted molar refractivity (Wildman–Crippen MR) is 100 cm³/mol. The van der Waals surface area contributed by atoms with Crippen LogP contribution in [0.1, 0.15) is 26.7 Å². The van der Waals surface area contributed by atoms with Crippen LogP contribution in [0.3, 0.4) is 0 Å². The Morgan fingerprint density at radius 2 is 2.12 bits per heavy atom. The van der Waals surface area contributed by atoms with E-state index in [1.807, 2.05) is 42.9 Å². The molecule has 6 nitrogen and oxygen atoms in total. The number of rotatable bonds is 5. The van der Waals surface area contributed by atoms with Crippen molar-refractivity contribution in [3.8, 4) is 11.3 Å². The molecule has 5 rings (SSSR count). The Morgan fingerprint density at radius 1 is 1.31 bits per heavy atom. The molecule has 3 aliphatic heterocycles. The molecule has 0 radical (unpaired) electrons. The van der Waals surface area contributed by atoms with Gasteiger partial charge in [0.15, 0.2) is 0 Å². The highest BCUT2D eigenvalue weighted by Gasteiger charge is 2.43. The summed E-state index contributed by atoms with van der Waals surface area (Å²) < 4.78 is 1.96. The average molecular weight is 353 g/mol. The number of nitrogens with zero attached hydrogens (tertiary/aromatic N) is 4. The quantitative estimate of drug-likeness (QED) is 0.895. The lowest BCUT2D eigenvalue weighted by Gasteiger charge is -2.49. The second-order valence-corrected chi connectivity index (χ2v) is 7.89.